The van der Waals surface area contributed by atoms with Crippen LogP contribution in [0.1, 0.15) is 23.4 Å². The van der Waals surface area contributed by atoms with E-state index in [1.54, 1.807) is 0 Å². The van der Waals surface area contributed by atoms with Crippen molar-refractivity contribution in [3.8, 4) is 5.75 Å². The van der Waals surface area contributed by atoms with Crippen molar-refractivity contribution in [2.75, 3.05) is 6.61 Å². The van der Waals surface area contributed by atoms with Crippen LogP contribution in [0.4, 0.5) is 0 Å². The summed E-state index contributed by atoms with van der Waals surface area (Å²) in [5.74, 6) is 0.895. The van der Waals surface area contributed by atoms with E-state index in [4.69, 9.17) is 4.74 Å². The molecule has 0 spiro atoms. The Morgan fingerprint density at radius 2 is 1.95 bits per heavy atom. The standard InChI is InChI=1S/C15H20N2O2/c1-12-15(11-18)13(2)17(16-12)9-6-10-19-14-7-4-3-5-8-14/h3-5,7-8,18H,6,9-11H2,1-2H3. The van der Waals surface area contributed by atoms with E-state index in [9.17, 15) is 5.11 Å². The minimum Gasteiger partial charge on any atom is -0.494 e. The Bertz CT molecular complexity index is 520. The van der Waals surface area contributed by atoms with E-state index in [1.165, 1.54) is 0 Å². The fourth-order valence-electron chi connectivity index (χ4n) is 2.10. The summed E-state index contributed by atoms with van der Waals surface area (Å²) in [4.78, 5) is 0. The fraction of sp³-hybridized carbons (Fsp3) is 0.400. The Hall–Kier alpha value is -1.81. The molecule has 0 aliphatic rings. The number of para-hydroxylation sites is 1. The SMILES string of the molecule is Cc1nn(CCCOc2ccccc2)c(C)c1CO. The number of nitrogens with zero attached hydrogens (tertiary/aromatic N) is 2. The summed E-state index contributed by atoms with van der Waals surface area (Å²) < 4.78 is 7.58. The zero-order valence-electron chi connectivity index (χ0n) is 11.5. The van der Waals surface area contributed by atoms with Crippen LogP contribution < -0.4 is 4.74 Å². The lowest BCUT2D eigenvalue weighted by molar-refractivity contribution is 0.279. The molecule has 1 aromatic carbocycles. The lowest BCUT2D eigenvalue weighted by atomic mass is 10.2. The Morgan fingerprint density at radius 3 is 2.58 bits per heavy atom. The highest BCUT2D eigenvalue weighted by Crippen LogP contribution is 2.13. The van der Waals surface area contributed by atoms with Gasteiger partial charge in [0.15, 0.2) is 0 Å². The van der Waals surface area contributed by atoms with Gasteiger partial charge < -0.3 is 9.84 Å². The van der Waals surface area contributed by atoms with Gasteiger partial charge in [0.05, 0.1) is 18.9 Å². The number of rotatable bonds is 6. The van der Waals surface area contributed by atoms with Gasteiger partial charge in [0, 0.05) is 24.2 Å². The molecular weight excluding hydrogens is 240 g/mol. The summed E-state index contributed by atoms with van der Waals surface area (Å²) in [5, 5.41) is 13.7. The van der Waals surface area contributed by atoms with Gasteiger partial charge in [-0.05, 0) is 26.0 Å². The maximum Gasteiger partial charge on any atom is 0.119 e. The average Bonchev–Trinajstić information content (AvgIpc) is 2.70. The van der Waals surface area contributed by atoms with E-state index in [0.717, 1.165) is 35.7 Å². The first-order valence-corrected chi connectivity index (χ1v) is 6.54. The summed E-state index contributed by atoms with van der Waals surface area (Å²) in [6, 6.07) is 9.80. The highest BCUT2D eigenvalue weighted by atomic mass is 16.5. The number of aliphatic hydroxyl groups is 1. The number of aryl methyl sites for hydroxylation is 2. The maximum atomic E-state index is 9.25. The molecule has 1 N–H and O–H groups in total. The van der Waals surface area contributed by atoms with Gasteiger partial charge in [0.2, 0.25) is 0 Å². The van der Waals surface area contributed by atoms with Crippen LogP contribution in [0.2, 0.25) is 0 Å². The molecule has 2 aromatic rings. The summed E-state index contributed by atoms with van der Waals surface area (Å²) in [6.07, 6.45) is 0.891. The van der Waals surface area contributed by atoms with E-state index in [-0.39, 0.29) is 6.61 Å². The zero-order chi connectivity index (χ0) is 13.7. The van der Waals surface area contributed by atoms with Crippen molar-refractivity contribution in [1.82, 2.24) is 9.78 Å². The average molecular weight is 260 g/mol. The Balaban J connectivity index is 1.83. The summed E-state index contributed by atoms with van der Waals surface area (Å²) >= 11 is 0. The van der Waals surface area contributed by atoms with Gasteiger partial charge in [0.25, 0.3) is 0 Å². The van der Waals surface area contributed by atoms with E-state index in [2.05, 4.69) is 5.10 Å². The molecular formula is C15H20N2O2. The predicted molar refractivity (Wildman–Crippen MR) is 74.2 cm³/mol. The second-order valence-corrected chi connectivity index (χ2v) is 4.55. The molecule has 19 heavy (non-hydrogen) atoms. The van der Waals surface area contributed by atoms with E-state index in [1.807, 2.05) is 48.9 Å². The topological polar surface area (TPSA) is 47.3 Å². The van der Waals surface area contributed by atoms with Crippen LogP contribution >= 0.6 is 0 Å². The Kier molecular flexibility index (Phi) is 4.58. The van der Waals surface area contributed by atoms with Crippen molar-refractivity contribution in [3.05, 3.63) is 47.3 Å². The van der Waals surface area contributed by atoms with Crippen molar-refractivity contribution < 1.29 is 9.84 Å². The van der Waals surface area contributed by atoms with Crippen LogP contribution in [0.3, 0.4) is 0 Å². The molecule has 0 atom stereocenters. The third kappa shape index (κ3) is 3.35. The number of aliphatic hydroxyl groups excluding tert-OH is 1. The van der Waals surface area contributed by atoms with Gasteiger partial charge in [-0.2, -0.15) is 5.10 Å². The number of hydrogen-bond acceptors (Lipinski definition) is 3. The summed E-state index contributed by atoms with van der Waals surface area (Å²) in [6.45, 7) is 5.44. The van der Waals surface area contributed by atoms with Crippen LogP contribution in [-0.2, 0) is 13.2 Å². The molecule has 0 saturated carbocycles. The van der Waals surface area contributed by atoms with E-state index >= 15 is 0 Å². The van der Waals surface area contributed by atoms with Crippen LogP contribution in [0.5, 0.6) is 5.75 Å². The van der Waals surface area contributed by atoms with Crippen molar-refractivity contribution in [3.63, 3.8) is 0 Å². The summed E-state index contributed by atoms with van der Waals surface area (Å²) in [7, 11) is 0. The molecule has 0 bridgehead atoms. The summed E-state index contributed by atoms with van der Waals surface area (Å²) in [5.41, 5.74) is 2.88. The number of benzene rings is 1. The Labute approximate surface area is 113 Å². The minimum absolute atomic E-state index is 0.0538. The smallest absolute Gasteiger partial charge is 0.119 e. The lowest BCUT2D eigenvalue weighted by Crippen LogP contribution is -2.07. The first-order chi connectivity index (χ1) is 9.22. The molecule has 0 fully saturated rings. The predicted octanol–water partition coefficient (Wildman–Crippen LogP) is 2.46. The molecule has 0 radical (unpaired) electrons. The lowest BCUT2D eigenvalue weighted by Gasteiger charge is -2.07. The monoisotopic (exact) mass is 260 g/mol. The maximum absolute atomic E-state index is 9.25. The zero-order valence-corrected chi connectivity index (χ0v) is 11.5. The van der Waals surface area contributed by atoms with Gasteiger partial charge in [0.1, 0.15) is 5.75 Å². The minimum atomic E-state index is 0.0538. The number of hydrogen-bond donors (Lipinski definition) is 1. The second-order valence-electron chi connectivity index (χ2n) is 4.55. The van der Waals surface area contributed by atoms with Gasteiger partial charge >= 0.3 is 0 Å². The van der Waals surface area contributed by atoms with Crippen LogP contribution in [0.15, 0.2) is 30.3 Å². The van der Waals surface area contributed by atoms with E-state index < -0.39 is 0 Å². The molecule has 102 valence electrons. The van der Waals surface area contributed by atoms with Gasteiger partial charge in [-0.15, -0.1) is 0 Å². The van der Waals surface area contributed by atoms with Gasteiger partial charge in [-0.1, -0.05) is 18.2 Å². The molecule has 2 rings (SSSR count). The number of aromatic nitrogens is 2. The largest absolute Gasteiger partial charge is 0.494 e. The second kappa shape index (κ2) is 6.38. The first kappa shape index (κ1) is 13.6. The molecule has 0 aliphatic carbocycles. The normalized spacial score (nSPS) is 10.7. The molecule has 0 aliphatic heterocycles. The third-order valence-electron chi connectivity index (χ3n) is 3.22. The van der Waals surface area contributed by atoms with Crippen molar-refractivity contribution in [1.29, 1.82) is 0 Å². The van der Waals surface area contributed by atoms with Gasteiger partial charge in [-0.25, -0.2) is 0 Å². The van der Waals surface area contributed by atoms with Gasteiger partial charge in [-0.3, -0.25) is 4.68 Å². The molecule has 0 amide bonds. The first-order valence-electron chi connectivity index (χ1n) is 6.54. The molecule has 1 heterocycles. The Morgan fingerprint density at radius 1 is 1.21 bits per heavy atom. The highest BCUT2D eigenvalue weighted by molar-refractivity contribution is 5.23. The number of ether oxygens (including phenoxy) is 1. The van der Waals surface area contributed by atoms with Crippen molar-refractivity contribution in [2.45, 2.75) is 33.4 Å². The van der Waals surface area contributed by atoms with Crippen molar-refractivity contribution >= 4 is 0 Å². The quantitative estimate of drug-likeness (QED) is 0.812. The highest BCUT2D eigenvalue weighted by Gasteiger charge is 2.09. The van der Waals surface area contributed by atoms with Crippen LogP contribution in [-0.4, -0.2) is 21.5 Å². The molecule has 0 unspecified atom stereocenters. The van der Waals surface area contributed by atoms with Crippen LogP contribution in [0.25, 0.3) is 0 Å². The molecule has 4 nitrogen and oxygen atoms in total. The fourth-order valence-corrected chi connectivity index (χ4v) is 2.10. The molecule has 4 heteroatoms. The van der Waals surface area contributed by atoms with E-state index in [0.29, 0.717) is 6.61 Å². The van der Waals surface area contributed by atoms with Crippen molar-refractivity contribution in [2.24, 2.45) is 0 Å². The van der Waals surface area contributed by atoms with Crippen LogP contribution in [0, 0.1) is 13.8 Å². The molecule has 1 aromatic heterocycles. The molecule has 0 saturated heterocycles. The third-order valence-corrected chi connectivity index (χ3v) is 3.22.